The van der Waals surface area contributed by atoms with Gasteiger partial charge >= 0.3 is 0 Å². The van der Waals surface area contributed by atoms with Gasteiger partial charge in [0.15, 0.2) is 5.82 Å². The van der Waals surface area contributed by atoms with Crippen LogP contribution in [0.15, 0.2) is 18.2 Å². The summed E-state index contributed by atoms with van der Waals surface area (Å²) >= 11 is 0. The van der Waals surface area contributed by atoms with Crippen molar-refractivity contribution in [2.45, 2.75) is 32.4 Å². The summed E-state index contributed by atoms with van der Waals surface area (Å²) in [5.74, 6) is 1.31. The molecular weight excluding hydrogens is 270 g/mol. The molecule has 0 saturated carbocycles. The molecule has 2 aromatic rings. The van der Waals surface area contributed by atoms with Crippen LogP contribution in [0, 0.1) is 0 Å². The third kappa shape index (κ3) is 2.82. The van der Waals surface area contributed by atoms with Gasteiger partial charge in [0.25, 0.3) is 0 Å². The molecule has 112 valence electrons. The van der Waals surface area contributed by atoms with E-state index in [2.05, 4.69) is 15.5 Å². The first-order chi connectivity index (χ1) is 10.3. The van der Waals surface area contributed by atoms with Crippen molar-refractivity contribution in [3.63, 3.8) is 0 Å². The van der Waals surface area contributed by atoms with Crippen LogP contribution >= 0.6 is 0 Å². The minimum absolute atomic E-state index is 0.160. The zero-order valence-electron chi connectivity index (χ0n) is 12.0. The lowest BCUT2D eigenvalue weighted by Crippen LogP contribution is -2.17. The molecule has 1 unspecified atom stereocenters. The molecule has 7 heteroatoms. The standard InChI is InChI=1S/C14H19N5O2/c1-2-20-12-7-3-6-11(15)13(12)14-16-17-18-19(14)9-10-5-4-8-21-10/h3,6-7,10H,2,4-5,8-9,15H2,1H3. The molecule has 2 heterocycles. The molecule has 3 rings (SSSR count). The van der Waals surface area contributed by atoms with E-state index in [0.717, 1.165) is 25.0 Å². The lowest BCUT2D eigenvalue weighted by atomic mass is 10.1. The minimum Gasteiger partial charge on any atom is -0.493 e. The maximum absolute atomic E-state index is 6.10. The van der Waals surface area contributed by atoms with Crippen LogP contribution in [0.2, 0.25) is 0 Å². The van der Waals surface area contributed by atoms with Crippen molar-refractivity contribution in [2.24, 2.45) is 0 Å². The minimum atomic E-state index is 0.160. The number of hydrogen-bond donors (Lipinski definition) is 1. The predicted octanol–water partition coefficient (Wildman–Crippen LogP) is 1.50. The van der Waals surface area contributed by atoms with Crippen molar-refractivity contribution < 1.29 is 9.47 Å². The maximum Gasteiger partial charge on any atom is 0.187 e. The average molecular weight is 289 g/mol. The first-order valence-corrected chi connectivity index (χ1v) is 7.19. The molecule has 1 aliphatic rings. The van der Waals surface area contributed by atoms with Gasteiger partial charge in [-0.1, -0.05) is 6.07 Å². The fourth-order valence-corrected chi connectivity index (χ4v) is 2.55. The molecular formula is C14H19N5O2. The van der Waals surface area contributed by atoms with E-state index in [1.54, 1.807) is 4.68 Å². The highest BCUT2D eigenvalue weighted by atomic mass is 16.5. The maximum atomic E-state index is 6.10. The Kier molecular flexibility index (Phi) is 4.01. The molecule has 1 aromatic carbocycles. The van der Waals surface area contributed by atoms with Crippen LogP contribution in [-0.2, 0) is 11.3 Å². The first-order valence-electron chi connectivity index (χ1n) is 7.19. The average Bonchev–Trinajstić information content (AvgIpc) is 3.12. The van der Waals surface area contributed by atoms with Crippen molar-refractivity contribution in [1.29, 1.82) is 0 Å². The molecule has 0 spiro atoms. The van der Waals surface area contributed by atoms with Crippen molar-refractivity contribution in [1.82, 2.24) is 20.2 Å². The van der Waals surface area contributed by atoms with Gasteiger partial charge < -0.3 is 15.2 Å². The number of benzene rings is 1. The number of anilines is 1. The number of nitrogens with two attached hydrogens (primary N) is 1. The summed E-state index contributed by atoms with van der Waals surface area (Å²) in [6.45, 7) is 3.92. The molecule has 1 aromatic heterocycles. The molecule has 1 fully saturated rings. The molecule has 1 atom stereocenters. The molecule has 0 radical (unpaired) electrons. The fourth-order valence-electron chi connectivity index (χ4n) is 2.55. The van der Waals surface area contributed by atoms with Gasteiger partial charge in [0.05, 0.1) is 24.8 Å². The van der Waals surface area contributed by atoms with Crippen LogP contribution < -0.4 is 10.5 Å². The van der Waals surface area contributed by atoms with Crippen LogP contribution in [0.4, 0.5) is 5.69 Å². The van der Waals surface area contributed by atoms with Crippen LogP contribution in [0.3, 0.4) is 0 Å². The Balaban J connectivity index is 1.95. The summed E-state index contributed by atoms with van der Waals surface area (Å²) in [4.78, 5) is 0. The predicted molar refractivity (Wildman–Crippen MR) is 77.8 cm³/mol. The third-order valence-electron chi connectivity index (χ3n) is 3.51. The van der Waals surface area contributed by atoms with E-state index < -0.39 is 0 Å². The molecule has 0 bridgehead atoms. The lowest BCUT2D eigenvalue weighted by molar-refractivity contribution is 0.0939. The number of aromatic nitrogens is 4. The zero-order valence-corrected chi connectivity index (χ0v) is 12.0. The van der Waals surface area contributed by atoms with E-state index in [9.17, 15) is 0 Å². The van der Waals surface area contributed by atoms with E-state index in [0.29, 0.717) is 30.4 Å². The highest BCUT2D eigenvalue weighted by Gasteiger charge is 2.22. The van der Waals surface area contributed by atoms with Crippen molar-refractivity contribution >= 4 is 5.69 Å². The number of nitrogen functional groups attached to an aromatic ring is 1. The number of rotatable bonds is 5. The normalized spacial score (nSPS) is 18.0. The summed E-state index contributed by atoms with van der Waals surface area (Å²) in [7, 11) is 0. The van der Waals surface area contributed by atoms with Gasteiger partial charge in [-0.25, -0.2) is 4.68 Å². The van der Waals surface area contributed by atoms with E-state index >= 15 is 0 Å². The summed E-state index contributed by atoms with van der Waals surface area (Å²) in [6, 6.07) is 5.56. The summed E-state index contributed by atoms with van der Waals surface area (Å²) in [5, 5.41) is 12.0. The fraction of sp³-hybridized carbons (Fsp3) is 0.500. The molecule has 1 aliphatic heterocycles. The third-order valence-corrected chi connectivity index (χ3v) is 3.51. The molecule has 1 saturated heterocycles. The Morgan fingerprint density at radius 2 is 2.38 bits per heavy atom. The number of nitrogens with zero attached hydrogens (tertiary/aromatic N) is 4. The monoisotopic (exact) mass is 289 g/mol. The van der Waals surface area contributed by atoms with E-state index in [1.807, 2.05) is 25.1 Å². The Labute approximate surface area is 123 Å². The lowest BCUT2D eigenvalue weighted by Gasteiger charge is -2.14. The van der Waals surface area contributed by atoms with Crippen LogP contribution in [-0.4, -0.2) is 39.5 Å². The molecule has 0 aliphatic carbocycles. The van der Waals surface area contributed by atoms with Crippen molar-refractivity contribution in [3.05, 3.63) is 18.2 Å². The largest absolute Gasteiger partial charge is 0.493 e. The van der Waals surface area contributed by atoms with Gasteiger partial charge in [-0.3, -0.25) is 0 Å². The number of ether oxygens (including phenoxy) is 2. The van der Waals surface area contributed by atoms with Crippen LogP contribution in [0.5, 0.6) is 5.75 Å². The summed E-state index contributed by atoms with van der Waals surface area (Å²) in [5.41, 5.74) is 7.44. The van der Waals surface area contributed by atoms with E-state index in [4.69, 9.17) is 15.2 Å². The Hall–Kier alpha value is -2.15. The van der Waals surface area contributed by atoms with Gasteiger partial charge in [-0.05, 0) is 42.3 Å². The Bertz CT molecular complexity index is 607. The van der Waals surface area contributed by atoms with Crippen molar-refractivity contribution in [2.75, 3.05) is 18.9 Å². The first kappa shape index (κ1) is 13.8. The van der Waals surface area contributed by atoms with Gasteiger partial charge in [0.2, 0.25) is 0 Å². The number of tetrazole rings is 1. The second-order valence-electron chi connectivity index (χ2n) is 4.97. The molecule has 2 N–H and O–H groups in total. The number of hydrogen-bond acceptors (Lipinski definition) is 6. The summed E-state index contributed by atoms with van der Waals surface area (Å²) in [6.07, 6.45) is 2.27. The highest BCUT2D eigenvalue weighted by molar-refractivity contribution is 5.77. The Morgan fingerprint density at radius 1 is 1.48 bits per heavy atom. The second kappa shape index (κ2) is 6.09. The zero-order chi connectivity index (χ0) is 14.7. The summed E-state index contributed by atoms with van der Waals surface area (Å²) < 4.78 is 13.0. The second-order valence-corrected chi connectivity index (χ2v) is 4.97. The van der Waals surface area contributed by atoms with E-state index in [-0.39, 0.29) is 6.10 Å². The molecule has 21 heavy (non-hydrogen) atoms. The topological polar surface area (TPSA) is 88.1 Å². The van der Waals surface area contributed by atoms with Gasteiger partial charge in [0.1, 0.15) is 5.75 Å². The highest BCUT2D eigenvalue weighted by Crippen LogP contribution is 2.34. The smallest absolute Gasteiger partial charge is 0.187 e. The van der Waals surface area contributed by atoms with Gasteiger partial charge in [-0.2, -0.15) is 0 Å². The van der Waals surface area contributed by atoms with Crippen LogP contribution in [0.1, 0.15) is 19.8 Å². The van der Waals surface area contributed by atoms with Crippen LogP contribution in [0.25, 0.3) is 11.4 Å². The van der Waals surface area contributed by atoms with E-state index in [1.165, 1.54) is 0 Å². The Morgan fingerprint density at radius 3 is 3.14 bits per heavy atom. The van der Waals surface area contributed by atoms with Crippen molar-refractivity contribution in [3.8, 4) is 17.1 Å². The quantitative estimate of drug-likeness (QED) is 0.839. The van der Waals surface area contributed by atoms with Gasteiger partial charge in [-0.15, -0.1) is 5.10 Å². The molecule has 0 amide bonds. The molecule has 7 nitrogen and oxygen atoms in total. The SMILES string of the molecule is CCOc1cccc(N)c1-c1nnnn1CC1CCCO1. The van der Waals surface area contributed by atoms with Gasteiger partial charge in [0, 0.05) is 12.3 Å².